The van der Waals surface area contributed by atoms with Crippen LogP contribution in [0.5, 0.6) is 5.75 Å². The largest absolute Gasteiger partial charge is 0.492 e. The highest BCUT2D eigenvalue weighted by Crippen LogP contribution is 2.23. The van der Waals surface area contributed by atoms with Crippen LogP contribution in [0.4, 0.5) is 5.69 Å². The monoisotopic (exact) mass is 532 g/mol. The Kier molecular flexibility index (Phi) is 10.1. The molecule has 0 amide bonds. The fraction of sp³-hybridized carbons (Fsp3) is 0.400. The van der Waals surface area contributed by atoms with E-state index in [4.69, 9.17) is 10.5 Å². The molecule has 1 aromatic rings. The summed E-state index contributed by atoms with van der Waals surface area (Å²) in [5.74, 6) is 0.735. The number of anilines is 1. The third kappa shape index (κ3) is 9.28. The lowest BCUT2D eigenvalue weighted by molar-refractivity contribution is 0.322. The molecule has 0 aliphatic carbocycles. The number of nitrogens with two attached hydrogens (primary N) is 1. The van der Waals surface area contributed by atoms with Gasteiger partial charge in [0.1, 0.15) is 12.4 Å². The summed E-state index contributed by atoms with van der Waals surface area (Å²) in [4.78, 5) is 4.05. The number of nitrogens with zero attached hydrogens (tertiary/aromatic N) is 2. The quantitative estimate of drug-likeness (QED) is 0.159. The van der Waals surface area contributed by atoms with Gasteiger partial charge >= 0.3 is 0 Å². The predicted molar refractivity (Wildman–Crippen MR) is 119 cm³/mol. The molecule has 0 radical (unpaired) electrons. The summed E-state index contributed by atoms with van der Waals surface area (Å²) in [7, 11) is -7.94. The summed E-state index contributed by atoms with van der Waals surface area (Å²) in [6.07, 6.45) is 1.65. The Bertz CT molecular complexity index is 836. The van der Waals surface area contributed by atoms with Crippen molar-refractivity contribution in [2.45, 2.75) is 6.92 Å². The van der Waals surface area contributed by atoms with Crippen molar-refractivity contribution in [1.82, 2.24) is 5.32 Å². The standard InChI is InChI=1S/C15H24N4O5S2.HI/c1-12(2)11-18-15(16)17-9-10-24-14-7-5-13(6-8-14)19(25(3,20)21)26(4,22)23;/h5-8H,1,9-11H2,2-4H3,(H3,16,17,18);1H. The maximum atomic E-state index is 11.7. The first-order valence-corrected chi connectivity index (χ1v) is 11.2. The van der Waals surface area contributed by atoms with E-state index in [0.29, 0.717) is 22.5 Å². The van der Waals surface area contributed by atoms with E-state index in [-0.39, 0.29) is 42.2 Å². The number of hydrogen-bond donors (Lipinski definition) is 2. The molecule has 0 spiro atoms. The Morgan fingerprint density at radius 2 is 1.70 bits per heavy atom. The normalized spacial score (nSPS) is 12.0. The summed E-state index contributed by atoms with van der Waals surface area (Å²) in [6, 6.07) is 5.68. The first kappa shape index (κ1) is 25.5. The van der Waals surface area contributed by atoms with E-state index in [1.807, 2.05) is 6.92 Å². The molecular formula is C15H25IN4O5S2. The van der Waals surface area contributed by atoms with Crippen molar-refractivity contribution in [1.29, 1.82) is 0 Å². The number of benzene rings is 1. The van der Waals surface area contributed by atoms with E-state index in [1.165, 1.54) is 24.3 Å². The number of ether oxygens (including phenoxy) is 1. The smallest absolute Gasteiger partial charge is 0.245 e. The lowest BCUT2D eigenvalue weighted by Crippen LogP contribution is -2.35. The van der Waals surface area contributed by atoms with Gasteiger partial charge in [-0.3, -0.25) is 0 Å². The van der Waals surface area contributed by atoms with Crippen molar-refractivity contribution in [3.05, 3.63) is 36.4 Å². The Morgan fingerprint density at radius 3 is 2.15 bits per heavy atom. The van der Waals surface area contributed by atoms with Gasteiger partial charge in [-0.1, -0.05) is 12.2 Å². The summed E-state index contributed by atoms with van der Waals surface area (Å²) < 4.78 is 52.7. The van der Waals surface area contributed by atoms with E-state index in [9.17, 15) is 16.8 Å². The van der Waals surface area contributed by atoms with Crippen LogP contribution < -0.4 is 19.5 Å². The number of halogens is 1. The van der Waals surface area contributed by atoms with Gasteiger partial charge in [0.15, 0.2) is 5.96 Å². The fourth-order valence-corrected chi connectivity index (χ4v) is 4.89. The van der Waals surface area contributed by atoms with Crippen molar-refractivity contribution in [2.75, 3.05) is 35.9 Å². The minimum atomic E-state index is -3.97. The van der Waals surface area contributed by atoms with Gasteiger partial charge in [0.25, 0.3) is 0 Å². The lowest BCUT2D eigenvalue weighted by Gasteiger charge is -2.19. The first-order chi connectivity index (χ1) is 11.9. The van der Waals surface area contributed by atoms with Crippen LogP contribution in [0.15, 0.2) is 41.4 Å². The van der Waals surface area contributed by atoms with Crippen LogP contribution >= 0.6 is 24.0 Å². The van der Waals surface area contributed by atoms with E-state index >= 15 is 0 Å². The van der Waals surface area contributed by atoms with Crippen molar-refractivity contribution in [2.24, 2.45) is 10.7 Å². The van der Waals surface area contributed by atoms with Gasteiger partial charge in [-0.2, -0.15) is 3.71 Å². The van der Waals surface area contributed by atoms with Crippen LogP contribution in [0.3, 0.4) is 0 Å². The van der Waals surface area contributed by atoms with E-state index in [0.717, 1.165) is 18.1 Å². The molecule has 0 fully saturated rings. The molecule has 0 aliphatic rings. The third-order valence-corrected chi connectivity index (χ3v) is 6.10. The molecule has 0 saturated heterocycles. The number of hydrogen-bond acceptors (Lipinski definition) is 6. The van der Waals surface area contributed by atoms with E-state index in [2.05, 4.69) is 16.9 Å². The fourth-order valence-electron chi connectivity index (χ4n) is 1.92. The Balaban J connectivity index is 0.00000676. The number of aliphatic imine (C=N–C) groups is 1. The van der Waals surface area contributed by atoms with E-state index < -0.39 is 20.0 Å². The number of sulfonamides is 2. The van der Waals surface area contributed by atoms with Crippen LogP contribution in [0, 0.1) is 0 Å². The zero-order valence-electron chi connectivity index (χ0n) is 15.4. The van der Waals surface area contributed by atoms with Crippen LogP contribution in [0.1, 0.15) is 6.92 Å². The zero-order chi connectivity index (χ0) is 20.0. The van der Waals surface area contributed by atoms with Crippen LogP contribution in [0.2, 0.25) is 0 Å². The second kappa shape index (κ2) is 10.7. The summed E-state index contributed by atoms with van der Waals surface area (Å²) >= 11 is 0. The van der Waals surface area contributed by atoms with E-state index in [1.54, 1.807) is 0 Å². The minimum Gasteiger partial charge on any atom is -0.492 e. The first-order valence-electron chi connectivity index (χ1n) is 7.53. The number of guanidine groups is 1. The number of nitrogens with one attached hydrogen (secondary N) is 1. The molecule has 154 valence electrons. The topological polar surface area (TPSA) is 131 Å². The molecule has 0 atom stereocenters. The van der Waals surface area contributed by atoms with Crippen LogP contribution in [-0.4, -0.2) is 55.0 Å². The maximum Gasteiger partial charge on any atom is 0.245 e. The molecule has 9 nitrogen and oxygen atoms in total. The zero-order valence-corrected chi connectivity index (χ0v) is 19.3. The van der Waals surface area contributed by atoms with Crippen LogP contribution in [0.25, 0.3) is 0 Å². The van der Waals surface area contributed by atoms with Gasteiger partial charge in [0.05, 0.1) is 31.3 Å². The average molecular weight is 532 g/mol. The SMILES string of the molecule is C=C(C)CN=C(N)NCCOc1ccc(N(S(C)(=O)=O)S(C)(=O)=O)cc1.I. The number of rotatable bonds is 9. The molecule has 0 bridgehead atoms. The molecular weight excluding hydrogens is 507 g/mol. The molecule has 1 rings (SSSR count). The highest BCUT2D eigenvalue weighted by atomic mass is 127. The van der Waals surface area contributed by atoms with Gasteiger partial charge in [-0.05, 0) is 31.2 Å². The molecule has 0 unspecified atom stereocenters. The predicted octanol–water partition coefficient (Wildman–Crippen LogP) is 0.889. The van der Waals surface area contributed by atoms with Crippen molar-refractivity contribution >= 4 is 55.7 Å². The third-order valence-electron chi connectivity index (χ3n) is 2.85. The molecule has 1 aromatic carbocycles. The molecule has 27 heavy (non-hydrogen) atoms. The van der Waals surface area contributed by atoms with Crippen molar-refractivity contribution < 1.29 is 21.6 Å². The Morgan fingerprint density at radius 1 is 1.19 bits per heavy atom. The summed E-state index contributed by atoms with van der Waals surface area (Å²) in [5, 5.41) is 2.87. The minimum absolute atomic E-state index is 0. The lowest BCUT2D eigenvalue weighted by atomic mass is 10.3. The molecule has 3 N–H and O–H groups in total. The van der Waals surface area contributed by atoms with Gasteiger partial charge in [0.2, 0.25) is 20.0 Å². The van der Waals surface area contributed by atoms with Gasteiger partial charge in [-0.15, -0.1) is 24.0 Å². The Labute approximate surface area is 177 Å². The second-order valence-electron chi connectivity index (χ2n) is 5.65. The molecule has 0 heterocycles. The average Bonchev–Trinajstić information content (AvgIpc) is 2.48. The molecule has 0 aliphatic heterocycles. The highest BCUT2D eigenvalue weighted by molar-refractivity contribution is 14.0. The molecule has 0 saturated carbocycles. The summed E-state index contributed by atoms with van der Waals surface area (Å²) in [6.45, 7) is 6.70. The van der Waals surface area contributed by atoms with Gasteiger partial charge in [0, 0.05) is 0 Å². The van der Waals surface area contributed by atoms with Gasteiger partial charge in [-0.25, -0.2) is 21.8 Å². The summed E-state index contributed by atoms with van der Waals surface area (Å²) in [5.41, 5.74) is 6.56. The Hall–Kier alpha value is -1.54. The maximum absolute atomic E-state index is 11.7. The molecule has 12 heteroatoms. The molecule has 0 aromatic heterocycles. The van der Waals surface area contributed by atoms with Crippen molar-refractivity contribution in [3.8, 4) is 5.75 Å². The second-order valence-corrected chi connectivity index (χ2v) is 9.54. The van der Waals surface area contributed by atoms with Crippen LogP contribution in [-0.2, 0) is 20.0 Å². The highest BCUT2D eigenvalue weighted by Gasteiger charge is 2.27. The van der Waals surface area contributed by atoms with Crippen molar-refractivity contribution in [3.63, 3.8) is 0 Å². The van der Waals surface area contributed by atoms with Gasteiger partial charge < -0.3 is 15.8 Å².